The van der Waals surface area contributed by atoms with E-state index in [9.17, 15) is 9.90 Å². The smallest absolute Gasteiger partial charge is 0.254 e. The van der Waals surface area contributed by atoms with Gasteiger partial charge < -0.3 is 20.1 Å². The number of rotatable bonds is 3. The van der Waals surface area contributed by atoms with Gasteiger partial charge in [-0.3, -0.25) is 9.78 Å². The van der Waals surface area contributed by atoms with Crippen molar-refractivity contribution < 1.29 is 14.6 Å². The van der Waals surface area contributed by atoms with Gasteiger partial charge in [-0.25, -0.2) is 0 Å². The van der Waals surface area contributed by atoms with Gasteiger partial charge in [-0.15, -0.1) is 0 Å². The Morgan fingerprint density at radius 3 is 2.58 bits per heavy atom. The molecule has 5 rings (SSSR count). The Kier molecular flexibility index (Phi) is 5.72. The minimum absolute atomic E-state index is 0.0100. The van der Waals surface area contributed by atoms with Crippen molar-refractivity contribution in [2.45, 2.75) is 18.5 Å². The van der Waals surface area contributed by atoms with E-state index in [2.05, 4.69) is 28.2 Å². The van der Waals surface area contributed by atoms with Gasteiger partial charge >= 0.3 is 0 Å². The van der Waals surface area contributed by atoms with E-state index in [4.69, 9.17) is 4.74 Å². The number of amides is 1. The number of carbonyl (C=O) groups is 1. The summed E-state index contributed by atoms with van der Waals surface area (Å²) in [6.45, 7) is 0.673. The van der Waals surface area contributed by atoms with E-state index in [0.29, 0.717) is 12.1 Å². The largest absolute Gasteiger partial charge is 0.497 e. The number of aromatic nitrogens is 1. The average Bonchev–Trinajstić information content (AvgIpc) is 3.33. The van der Waals surface area contributed by atoms with Crippen LogP contribution in [-0.2, 0) is 0 Å². The van der Waals surface area contributed by atoms with Crippen LogP contribution in [0.5, 0.6) is 5.75 Å². The van der Waals surface area contributed by atoms with E-state index in [1.807, 2.05) is 41.3 Å². The zero-order valence-electron chi connectivity index (χ0n) is 18.4. The summed E-state index contributed by atoms with van der Waals surface area (Å²) < 4.78 is 5.20. The predicted octanol–water partition coefficient (Wildman–Crippen LogP) is 3.48. The van der Waals surface area contributed by atoms with E-state index < -0.39 is 0 Å². The topological polar surface area (TPSA) is 74.7 Å². The van der Waals surface area contributed by atoms with Gasteiger partial charge in [0.15, 0.2) is 0 Å². The maximum atomic E-state index is 13.3. The molecular weight excluding hydrogens is 414 g/mol. The van der Waals surface area contributed by atoms with Crippen LogP contribution in [0.4, 0.5) is 5.69 Å². The summed E-state index contributed by atoms with van der Waals surface area (Å²) in [4.78, 5) is 19.3. The van der Waals surface area contributed by atoms with E-state index >= 15 is 0 Å². The maximum absolute atomic E-state index is 13.3. The Hall–Kier alpha value is -3.82. The molecule has 3 heterocycles. The maximum Gasteiger partial charge on any atom is 0.254 e. The first-order valence-electron chi connectivity index (χ1n) is 11.1. The summed E-state index contributed by atoms with van der Waals surface area (Å²) in [7, 11) is 1.64. The van der Waals surface area contributed by atoms with Gasteiger partial charge in [0.2, 0.25) is 0 Å². The molecular formula is C27H25N3O3. The summed E-state index contributed by atoms with van der Waals surface area (Å²) in [6, 6.07) is 17.0. The van der Waals surface area contributed by atoms with Crippen LogP contribution in [0.2, 0.25) is 0 Å². The standard InChI is InChI=1S/C27H25N3O3/c1-33-21-7-4-18(5-8-21)2-3-19-6-9-24-23(16-19)26-22(25(17-31)29-24)12-15-30(26)27(32)20-10-13-28-14-11-20/h4-11,13-14,16,22,25-26,29,31H,12,15,17H2,1H3/t22-,25+,26-/m1/s1. The highest BCUT2D eigenvalue weighted by Gasteiger charge is 2.45. The highest BCUT2D eigenvalue weighted by Crippen LogP contribution is 2.47. The first-order valence-corrected chi connectivity index (χ1v) is 11.1. The second kappa shape index (κ2) is 8.97. The summed E-state index contributed by atoms with van der Waals surface area (Å²) in [5.74, 6) is 7.38. The lowest BCUT2D eigenvalue weighted by molar-refractivity contribution is 0.0701. The Morgan fingerprint density at radius 1 is 1.12 bits per heavy atom. The van der Waals surface area contributed by atoms with Crippen LogP contribution in [0.15, 0.2) is 67.0 Å². The predicted molar refractivity (Wildman–Crippen MR) is 126 cm³/mol. The molecule has 1 amide bonds. The Morgan fingerprint density at radius 2 is 1.85 bits per heavy atom. The lowest BCUT2D eigenvalue weighted by atomic mass is 9.82. The number of ether oxygens (including phenoxy) is 1. The van der Waals surface area contributed by atoms with Gasteiger partial charge in [0, 0.05) is 47.2 Å². The molecule has 2 N–H and O–H groups in total. The SMILES string of the molecule is COc1ccc(C#Cc2ccc3c(c2)[C@H]2[C@H](CCN2C(=O)c2ccncc2)[C@H](CO)N3)cc1. The number of aliphatic hydroxyl groups excluding tert-OH is 1. The molecule has 1 aromatic heterocycles. The first-order chi connectivity index (χ1) is 16.2. The van der Waals surface area contributed by atoms with Crippen molar-refractivity contribution in [2.75, 3.05) is 25.6 Å². The van der Waals surface area contributed by atoms with Crippen LogP contribution in [0, 0.1) is 17.8 Å². The van der Waals surface area contributed by atoms with Gasteiger partial charge in [0.1, 0.15) is 5.75 Å². The van der Waals surface area contributed by atoms with E-state index in [1.54, 1.807) is 31.6 Å². The Bertz CT molecular complexity index is 1210. The highest BCUT2D eigenvalue weighted by molar-refractivity contribution is 5.94. The van der Waals surface area contributed by atoms with Gasteiger partial charge in [0.25, 0.3) is 5.91 Å². The number of aliphatic hydroxyl groups is 1. The lowest BCUT2D eigenvalue weighted by Crippen LogP contribution is -2.42. The second-order valence-corrected chi connectivity index (χ2v) is 8.35. The summed E-state index contributed by atoms with van der Waals surface area (Å²) in [5, 5.41) is 13.5. The quantitative estimate of drug-likeness (QED) is 0.612. The number of hydrogen-bond acceptors (Lipinski definition) is 5. The highest BCUT2D eigenvalue weighted by atomic mass is 16.5. The van der Waals surface area contributed by atoms with Crippen molar-refractivity contribution in [3.8, 4) is 17.6 Å². The molecule has 3 aromatic rings. The van der Waals surface area contributed by atoms with Crippen molar-refractivity contribution in [2.24, 2.45) is 5.92 Å². The monoisotopic (exact) mass is 439 g/mol. The molecule has 0 spiro atoms. The Balaban J connectivity index is 1.49. The van der Waals surface area contributed by atoms with Crippen molar-refractivity contribution in [1.29, 1.82) is 0 Å². The number of anilines is 1. The molecule has 0 unspecified atom stereocenters. The number of likely N-dealkylation sites (tertiary alicyclic amines) is 1. The van der Waals surface area contributed by atoms with Crippen molar-refractivity contribution in [3.63, 3.8) is 0 Å². The lowest BCUT2D eigenvalue weighted by Gasteiger charge is -2.39. The number of nitrogens with zero attached hydrogens (tertiary/aromatic N) is 2. The summed E-state index contributed by atoms with van der Waals surface area (Å²) in [6.07, 6.45) is 4.11. The number of fused-ring (bicyclic) bond motifs is 3. The molecule has 0 aliphatic carbocycles. The van der Waals surface area contributed by atoms with Crippen molar-refractivity contribution in [3.05, 3.63) is 89.2 Å². The van der Waals surface area contributed by atoms with E-state index in [1.165, 1.54) is 0 Å². The third-order valence-corrected chi connectivity index (χ3v) is 6.50. The molecule has 2 aliphatic heterocycles. The first kappa shape index (κ1) is 21.0. The van der Waals surface area contributed by atoms with Gasteiger partial charge in [-0.05, 0) is 66.6 Å². The molecule has 0 radical (unpaired) electrons. The number of methoxy groups -OCH3 is 1. The minimum atomic E-state index is -0.109. The van der Waals surface area contributed by atoms with Crippen molar-refractivity contribution in [1.82, 2.24) is 9.88 Å². The van der Waals surface area contributed by atoms with Crippen LogP contribution in [-0.4, -0.2) is 47.2 Å². The summed E-state index contributed by atoms with van der Waals surface area (Å²) in [5.41, 5.74) is 4.41. The minimum Gasteiger partial charge on any atom is -0.497 e. The second-order valence-electron chi connectivity index (χ2n) is 8.35. The number of benzene rings is 2. The number of carbonyl (C=O) groups excluding carboxylic acids is 1. The van der Waals surface area contributed by atoms with E-state index in [-0.39, 0.29) is 30.5 Å². The molecule has 0 bridgehead atoms. The fourth-order valence-corrected chi connectivity index (χ4v) is 4.85. The van der Waals surface area contributed by atoms with Crippen LogP contribution in [0.1, 0.15) is 39.5 Å². The molecule has 1 fully saturated rings. The van der Waals surface area contributed by atoms with Gasteiger partial charge in [-0.2, -0.15) is 0 Å². The van der Waals surface area contributed by atoms with Crippen LogP contribution < -0.4 is 10.1 Å². The fraction of sp³-hybridized carbons (Fsp3) is 0.259. The number of nitrogens with one attached hydrogen (secondary N) is 1. The summed E-state index contributed by atoms with van der Waals surface area (Å²) >= 11 is 0. The van der Waals surface area contributed by atoms with Gasteiger partial charge in [0.05, 0.1) is 25.8 Å². The third kappa shape index (κ3) is 4.04. The van der Waals surface area contributed by atoms with Crippen LogP contribution in [0.25, 0.3) is 0 Å². The average molecular weight is 440 g/mol. The van der Waals surface area contributed by atoms with Gasteiger partial charge in [-0.1, -0.05) is 11.8 Å². The molecule has 33 heavy (non-hydrogen) atoms. The number of hydrogen-bond donors (Lipinski definition) is 2. The molecule has 2 aliphatic rings. The van der Waals surface area contributed by atoms with Crippen molar-refractivity contribution >= 4 is 11.6 Å². The molecule has 6 heteroatoms. The number of pyridine rings is 1. The van der Waals surface area contributed by atoms with E-state index in [0.717, 1.165) is 34.5 Å². The fourth-order valence-electron chi connectivity index (χ4n) is 4.85. The zero-order chi connectivity index (χ0) is 22.8. The molecule has 2 aromatic carbocycles. The molecule has 166 valence electrons. The molecule has 1 saturated heterocycles. The zero-order valence-corrected chi connectivity index (χ0v) is 18.4. The normalized spacial score (nSPS) is 20.7. The third-order valence-electron chi connectivity index (χ3n) is 6.50. The Labute approximate surface area is 193 Å². The van der Waals surface area contributed by atoms with Crippen LogP contribution >= 0.6 is 0 Å². The molecule has 6 nitrogen and oxygen atoms in total. The van der Waals surface area contributed by atoms with Crippen LogP contribution in [0.3, 0.4) is 0 Å². The molecule has 3 atom stereocenters. The molecule has 0 saturated carbocycles.